The van der Waals surface area contributed by atoms with E-state index in [1.54, 1.807) is 18.4 Å². The van der Waals surface area contributed by atoms with Crippen LogP contribution in [0.15, 0.2) is 18.2 Å². The summed E-state index contributed by atoms with van der Waals surface area (Å²) in [5.41, 5.74) is 3.73. The third kappa shape index (κ3) is 2.32. The molecule has 1 aliphatic carbocycles. The topological polar surface area (TPSA) is 34.1 Å². The van der Waals surface area contributed by atoms with Crippen molar-refractivity contribution >= 4 is 16.5 Å². The van der Waals surface area contributed by atoms with E-state index in [-0.39, 0.29) is 0 Å². The predicted molar refractivity (Wildman–Crippen MR) is 80.3 cm³/mol. The Kier molecular flexibility index (Phi) is 3.19. The summed E-state index contributed by atoms with van der Waals surface area (Å²) in [5.74, 6) is 0.901. The van der Waals surface area contributed by atoms with Gasteiger partial charge in [0.25, 0.3) is 0 Å². The molecule has 0 radical (unpaired) electrons. The monoisotopic (exact) mass is 274 g/mol. The van der Waals surface area contributed by atoms with Crippen LogP contribution in [0.3, 0.4) is 0 Å². The molecule has 0 spiro atoms. The Bertz CT molecular complexity index is 604. The van der Waals surface area contributed by atoms with Crippen molar-refractivity contribution in [3.8, 4) is 17.0 Å². The van der Waals surface area contributed by atoms with Crippen molar-refractivity contribution in [1.29, 1.82) is 0 Å². The number of hydrogen-bond donors (Lipinski definition) is 1. The zero-order chi connectivity index (χ0) is 13.4. The van der Waals surface area contributed by atoms with Crippen LogP contribution in [0.1, 0.15) is 24.3 Å². The SMILES string of the molecule is COc1ccc2c(c1)-c1nc(NC(C)C)sc1CC2. The van der Waals surface area contributed by atoms with Gasteiger partial charge in [-0.05, 0) is 44.4 Å². The number of rotatable bonds is 3. The first-order chi connectivity index (χ1) is 9.17. The van der Waals surface area contributed by atoms with Crippen LogP contribution in [0.25, 0.3) is 11.3 Å². The molecule has 1 heterocycles. The minimum absolute atomic E-state index is 0.414. The van der Waals surface area contributed by atoms with E-state index in [1.807, 2.05) is 6.07 Å². The van der Waals surface area contributed by atoms with Crippen LogP contribution >= 0.6 is 11.3 Å². The Morgan fingerprint density at radius 1 is 1.32 bits per heavy atom. The second kappa shape index (κ2) is 4.85. The zero-order valence-corrected chi connectivity index (χ0v) is 12.3. The lowest BCUT2D eigenvalue weighted by atomic mass is 9.93. The number of fused-ring (bicyclic) bond motifs is 3. The summed E-state index contributed by atoms with van der Waals surface area (Å²) >= 11 is 1.78. The van der Waals surface area contributed by atoms with Gasteiger partial charge in [-0.3, -0.25) is 0 Å². The average Bonchev–Trinajstić information content (AvgIpc) is 2.80. The van der Waals surface area contributed by atoms with Crippen molar-refractivity contribution in [3.05, 3.63) is 28.6 Å². The van der Waals surface area contributed by atoms with Gasteiger partial charge in [0.15, 0.2) is 5.13 Å². The van der Waals surface area contributed by atoms with Crippen LogP contribution in [0, 0.1) is 0 Å². The standard InChI is InChI=1S/C15H18N2OS/c1-9(2)16-15-17-14-12-8-11(18-3)6-4-10(12)5-7-13(14)19-15/h4,6,8-9H,5,7H2,1-3H3,(H,16,17). The quantitative estimate of drug-likeness (QED) is 0.926. The minimum atomic E-state index is 0.414. The number of methoxy groups -OCH3 is 1. The van der Waals surface area contributed by atoms with Gasteiger partial charge >= 0.3 is 0 Å². The Morgan fingerprint density at radius 2 is 2.16 bits per heavy atom. The fourth-order valence-corrected chi connectivity index (χ4v) is 3.53. The first kappa shape index (κ1) is 12.5. The third-order valence-electron chi connectivity index (χ3n) is 3.30. The Labute approximate surface area is 117 Å². The second-order valence-electron chi connectivity index (χ2n) is 5.11. The third-order valence-corrected chi connectivity index (χ3v) is 4.35. The highest BCUT2D eigenvalue weighted by atomic mass is 32.1. The fourth-order valence-electron chi connectivity index (χ4n) is 2.41. The molecule has 1 N–H and O–H groups in total. The van der Waals surface area contributed by atoms with E-state index < -0.39 is 0 Å². The lowest BCUT2D eigenvalue weighted by Gasteiger charge is -2.15. The molecular formula is C15H18N2OS. The van der Waals surface area contributed by atoms with Crippen LogP contribution in [-0.4, -0.2) is 18.1 Å². The van der Waals surface area contributed by atoms with Crippen LogP contribution in [0.4, 0.5) is 5.13 Å². The van der Waals surface area contributed by atoms with Crippen molar-refractivity contribution < 1.29 is 4.74 Å². The normalized spacial score (nSPS) is 13.1. The molecule has 0 saturated heterocycles. The van der Waals surface area contributed by atoms with Crippen molar-refractivity contribution in [1.82, 2.24) is 4.98 Å². The highest BCUT2D eigenvalue weighted by molar-refractivity contribution is 7.16. The number of aromatic nitrogens is 1. The van der Waals surface area contributed by atoms with E-state index in [4.69, 9.17) is 9.72 Å². The summed E-state index contributed by atoms with van der Waals surface area (Å²) in [7, 11) is 1.71. The molecule has 4 heteroatoms. The van der Waals surface area contributed by atoms with Gasteiger partial charge in [-0.2, -0.15) is 0 Å². The highest BCUT2D eigenvalue weighted by Gasteiger charge is 2.21. The van der Waals surface area contributed by atoms with Crippen LogP contribution in [0.2, 0.25) is 0 Å². The van der Waals surface area contributed by atoms with Gasteiger partial charge in [0, 0.05) is 16.5 Å². The van der Waals surface area contributed by atoms with Crippen LogP contribution < -0.4 is 10.1 Å². The maximum absolute atomic E-state index is 5.33. The number of thiazole rings is 1. The molecule has 3 rings (SSSR count). The number of aryl methyl sites for hydroxylation is 2. The van der Waals surface area contributed by atoms with Crippen molar-refractivity contribution in [3.63, 3.8) is 0 Å². The first-order valence-electron chi connectivity index (χ1n) is 6.61. The smallest absolute Gasteiger partial charge is 0.183 e. The molecule has 0 atom stereocenters. The molecule has 19 heavy (non-hydrogen) atoms. The van der Waals surface area contributed by atoms with Gasteiger partial charge in [-0.25, -0.2) is 4.98 Å². The maximum atomic E-state index is 5.33. The van der Waals surface area contributed by atoms with Crippen LogP contribution in [0.5, 0.6) is 5.75 Å². The molecule has 100 valence electrons. The summed E-state index contributed by atoms with van der Waals surface area (Å²) in [5, 5.41) is 4.42. The molecule has 3 nitrogen and oxygen atoms in total. The molecule has 2 aromatic rings. The van der Waals surface area contributed by atoms with E-state index in [0.29, 0.717) is 6.04 Å². The number of nitrogens with zero attached hydrogens (tertiary/aromatic N) is 1. The van der Waals surface area contributed by atoms with E-state index in [9.17, 15) is 0 Å². The Morgan fingerprint density at radius 3 is 2.89 bits per heavy atom. The number of ether oxygens (including phenoxy) is 1. The van der Waals surface area contributed by atoms with E-state index >= 15 is 0 Å². The average molecular weight is 274 g/mol. The summed E-state index contributed by atoms with van der Waals surface area (Å²) in [6, 6.07) is 6.71. The predicted octanol–water partition coefficient (Wildman–Crippen LogP) is 3.74. The van der Waals surface area contributed by atoms with Gasteiger partial charge in [0.2, 0.25) is 0 Å². The van der Waals surface area contributed by atoms with Gasteiger partial charge < -0.3 is 10.1 Å². The molecule has 0 amide bonds. The highest BCUT2D eigenvalue weighted by Crippen LogP contribution is 2.39. The lowest BCUT2D eigenvalue weighted by molar-refractivity contribution is 0.415. The number of nitrogens with one attached hydrogen (secondary N) is 1. The first-order valence-corrected chi connectivity index (χ1v) is 7.42. The molecule has 0 unspecified atom stereocenters. The largest absolute Gasteiger partial charge is 0.497 e. The molecular weight excluding hydrogens is 256 g/mol. The molecule has 0 fully saturated rings. The van der Waals surface area contributed by atoms with Gasteiger partial charge in [0.05, 0.1) is 12.8 Å². The van der Waals surface area contributed by atoms with E-state index in [2.05, 4.69) is 31.3 Å². The van der Waals surface area contributed by atoms with Gasteiger partial charge in [0.1, 0.15) is 5.75 Å². The lowest BCUT2D eigenvalue weighted by Crippen LogP contribution is -2.09. The number of hydrogen-bond acceptors (Lipinski definition) is 4. The summed E-state index contributed by atoms with van der Waals surface area (Å²) in [6.45, 7) is 4.27. The van der Waals surface area contributed by atoms with Gasteiger partial charge in [-0.15, -0.1) is 11.3 Å². The zero-order valence-electron chi connectivity index (χ0n) is 11.5. The van der Waals surface area contributed by atoms with Crippen molar-refractivity contribution in [2.24, 2.45) is 0 Å². The van der Waals surface area contributed by atoms with E-state index in [0.717, 1.165) is 29.4 Å². The molecule has 0 aliphatic heterocycles. The van der Waals surface area contributed by atoms with Gasteiger partial charge in [-0.1, -0.05) is 6.07 Å². The second-order valence-corrected chi connectivity index (χ2v) is 6.20. The Balaban J connectivity index is 2.04. The van der Waals surface area contributed by atoms with Crippen molar-refractivity contribution in [2.45, 2.75) is 32.7 Å². The molecule has 0 bridgehead atoms. The van der Waals surface area contributed by atoms with E-state index in [1.165, 1.54) is 16.0 Å². The summed E-state index contributed by atoms with van der Waals surface area (Å²) in [4.78, 5) is 6.14. The maximum Gasteiger partial charge on any atom is 0.183 e. The summed E-state index contributed by atoms with van der Waals surface area (Å²) < 4.78 is 5.33. The molecule has 1 aliphatic rings. The summed E-state index contributed by atoms with van der Waals surface area (Å²) in [6.07, 6.45) is 2.18. The number of anilines is 1. The minimum Gasteiger partial charge on any atom is -0.497 e. The molecule has 1 aromatic carbocycles. The number of benzene rings is 1. The van der Waals surface area contributed by atoms with Crippen molar-refractivity contribution in [2.75, 3.05) is 12.4 Å². The Hall–Kier alpha value is -1.55. The molecule has 1 aromatic heterocycles. The van der Waals surface area contributed by atoms with Crippen LogP contribution in [-0.2, 0) is 12.8 Å². The fraction of sp³-hybridized carbons (Fsp3) is 0.400. The molecule has 0 saturated carbocycles.